The van der Waals surface area contributed by atoms with Crippen molar-refractivity contribution in [3.05, 3.63) is 0 Å². The Hall–Kier alpha value is -1.04. The molecule has 0 aromatic carbocycles. The number of carbonyl (C=O) groups excluding carboxylic acids is 1. The summed E-state index contributed by atoms with van der Waals surface area (Å²) in [7, 11) is 0. The molecule has 12 heavy (non-hydrogen) atoms. The monoisotopic (exact) mass is 166 g/mol. The fourth-order valence-corrected chi connectivity index (χ4v) is 1.89. The van der Waals surface area contributed by atoms with Crippen LogP contribution in [-0.4, -0.2) is 5.91 Å². The van der Waals surface area contributed by atoms with Gasteiger partial charge in [0.15, 0.2) is 0 Å². The molecular weight excluding hydrogens is 152 g/mol. The molecule has 1 amide bonds. The van der Waals surface area contributed by atoms with Gasteiger partial charge in [0.2, 0.25) is 5.91 Å². The molecule has 1 aliphatic rings. The number of nitriles is 1. The van der Waals surface area contributed by atoms with E-state index in [4.69, 9.17) is 11.0 Å². The van der Waals surface area contributed by atoms with Crippen molar-refractivity contribution in [3.63, 3.8) is 0 Å². The Labute approximate surface area is 72.5 Å². The fourth-order valence-electron chi connectivity index (χ4n) is 1.89. The van der Waals surface area contributed by atoms with Crippen molar-refractivity contribution in [1.82, 2.24) is 0 Å². The summed E-state index contributed by atoms with van der Waals surface area (Å²) in [6.07, 6.45) is 5.13. The third kappa shape index (κ3) is 1.58. The van der Waals surface area contributed by atoms with E-state index >= 15 is 0 Å². The number of nitrogens with two attached hydrogens (primary N) is 1. The lowest BCUT2D eigenvalue weighted by molar-refractivity contribution is -0.129. The largest absolute Gasteiger partial charge is 0.369 e. The zero-order valence-electron chi connectivity index (χ0n) is 7.18. The van der Waals surface area contributed by atoms with Gasteiger partial charge in [0.1, 0.15) is 0 Å². The normalized spacial score (nSPS) is 21.2. The minimum absolute atomic E-state index is 0.288. The molecule has 0 unspecified atom stereocenters. The van der Waals surface area contributed by atoms with Crippen molar-refractivity contribution >= 4 is 5.91 Å². The van der Waals surface area contributed by atoms with E-state index in [1.54, 1.807) is 0 Å². The highest BCUT2D eigenvalue weighted by molar-refractivity contribution is 5.81. The topological polar surface area (TPSA) is 66.9 Å². The van der Waals surface area contributed by atoms with Gasteiger partial charge in [0, 0.05) is 6.42 Å². The van der Waals surface area contributed by atoms with Gasteiger partial charge in [-0.15, -0.1) is 0 Å². The standard InChI is InChI=1S/C9H14N2O/c10-7-6-9(8(11)12)4-2-1-3-5-9/h1-6H2,(H2,11,12). The molecule has 1 fully saturated rings. The number of hydrogen-bond acceptors (Lipinski definition) is 2. The Balaban J connectivity index is 2.71. The number of carbonyl (C=O) groups is 1. The highest BCUT2D eigenvalue weighted by atomic mass is 16.1. The van der Waals surface area contributed by atoms with Gasteiger partial charge < -0.3 is 5.73 Å². The summed E-state index contributed by atoms with van der Waals surface area (Å²) < 4.78 is 0. The molecule has 3 heteroatoms. The first-order valence-electron chi connectivity index (χ1n) is 4.38. The van der Waals surface area contributed by atoms with Crippen molar-refractivity contribution in [2.45, 2.75) is 38.5 Å². The summed E-state index contributed by atoms with van der Waals surface area (Å²) in [6.45, 7) is 0. The number of rotatable bonds is 2. The first kappa shape index (κ1) is 9.05. The molecular formula is C9H14N2O. The van der Waals surface area contributed by atoms with Gasteiger partial charge in [0.25, 0.3) is 0 Å². The number of amides is 1. The fraction of sp³-hybridized carbons (Fsp3) is 0.778. The predicted molar refractivity (Wildman–Crippen MR) is 44.9 cm³/mol. The van der Waals surface area contributed by atoms with E-state index in [0.717, 1.165) is 25.7 Å². The van der Waals surface area contributed by atoms with Crippen LogP contribution in [0.5, 0.6) is 0 Å². The van der Waals surface area contributed by atoms with Crippen LogP contribution in [0, 0.1) is 16.7 Å². The molecule has 1 rings (SSSR count). The molecule has 0 spiro atoms. The zero-order chi connectivity index (χ0) is 9.03. The van der Waals surface area contributed by atoms with Crippen LogP contribution < -0.4 is 5.73 Å². The van der Waals surface area contributed by atoms with Crippen molar-refractivity contribution in [2.24, 2.45) is 11.1 Å². The molecule has 1 saturated carbocycles. The Bertz CT molecular complexity index is 211. The molecule has 0 aromatic rings. The van der Waals surface area contributed by atoms with Gasteiger partial charge in [-0.2, -0.15) is 5.26 Å². The average molecular weight is 166 g/mol. The van der Waals surface area contributed by atoms with E-state index < -0.39 is 5.41 Å². The number of hydrogen-bond donors (Lipinski definition) is 1. The van der Waals surface area contributed by atoms with Gasteiger partial charge in [-0.3, -0.25) is 4.79 Å². The second-order valence-electron chi connectivity index (χ2n) is 3.54. The lowest BCUT2D eigenvalue weighted by atomic mass is 9.71. The van der Waals surface area contributed by atoms with Gasteiger partial charge in [0.05, 0.1) is 11.5 Å². The minimum Gasteiger partial charge on any atom is -0.369 e. The third-order valence-electron chi connectivity index (χ3n) is 2.75. The van der Waals surface area contributed by atoms with Crippen molar-refractivity contribution in [1.29, 1.82) is 5.26 Å². The molecule has 0 radical (unpaired) electrons. The number of primary amides is 1. The zero-order valence-corrected chi connectivity index (χ0v) is 7.18. The van der Waals surface area contributed by atoms with Crippen LogP contribution in [0.1, 0.15) is 38.5 Å². The van der Waals surface area contributed by atoms with Crippen molar-refractivity contribution in [2.75, 3.05) is 0 Å². The second-order valence-corrected chi connectivity index (χ2v) is 3.54. The van der Waals surface area contributed by atoms with E-state index in [0.29, 0.717) is 6.42 Å². The van der Waals surface area contributed by atoms with Gasteiger partial charge >= 0.3 is 0 Å². The molecule has 0 bridgehead atoms. The lowest BCUT2D eigenvalue weighted by Crippen LogP contribution is -2.38. The van der Waals surface area contributed by atoms with Crippen molar-refractivity contribution < 1.29 is 4.79 Å². The Kier molecular flexibility index (Phi) is 2.69. The molecule has 2 N–H and O–H groups in total. The maximum Gasteiger partial charge on any atom is 0.224 e. The smallest absolute Gasteiger partial charge is 0.224 e. The van der Waals surface area contributed by atoms with E-state index in [9.17, 15) is 4.79 Å². The first-order valence-corrected chi connectivity index (χ1v) is 4.38. The van der Waals surface area contributed by atoms with Crippen molar-refractivity contribution in [3.8, 4) is 6.07 Å². The summed E-state index contributed by atoms with van der Waals surface area (Å²) >= 11 is 0. The summed E-state index contributed by atoms with van der Waals surface area (Å²) in [5.41, 5.74) is 4.81. The second kappa shape index (κ2) is 3.57. The SMILES string of the molecule is N#CCC1(C(N)=O)CCCCC1. The van der Waals surface area contributed by atoms with Crippen LogP contribution in [0.25, 0.3) is 0 Å². The Morgan fingerprint density at radius 3 is 2.42 bits per heavy atom. The van der Waals surface area contributed by atoms with E-state index in [1.165, 1.54) is 6.42 Å². The lowest BCUT2D eigenvalue weighted by Gasteiger charge is -2.31. The minimum atomic E-state index is -0.493. The molecule has 0 aromatic heterocycles. The predicted octanol–water partition coefficient (Wildman–Crippen LogP) is 1.34. The maximum atomic E-state index is 11.1. The Morgan fingerprint density at radius 1 is 1.42 bits per heavy atom. The number of nitrogens with zero attached hydrogens (tertiary/aromatic N) is 1. The van der Waals surface area contributed by atoms with Gasteiger partial charge in [-0.05, 0) is 12.8 Å². The van der Waals surface area contributed by atoms with Gasteiger partial charge in [-0.1, -0.05) is 19.3 Å². The van der Waals surface area contributed by atoms with Crippen LogP contribution in [0.2, 0.25) is 0 Å². The quantitative estimate of drug-likeness (QED) is 0.672. The van der Waals surface area contributed by atoms with Crippen LogP contribution in [-0.2, 0) is 4.79 Å². The Morgan fingerprint density at radius 2 is 2.00 bits per heavy atom. The first-order chi connectivity index (χ1) is 5.71. The summed E-state index contributed by atoms with van der Waals surface area (Å²) in [5, 5.41) is 8.57. The average Bonchev–Trinajstić information content (AvgIpc) is 2.06. The van der Waals surface area contributed by atoms with Crippen LogP contribution in [0.4, 0.5) is 0 Å². The molecule has 0 saturated heterocycles. The van der Waals surface area contributed by atoms with Crippen LogP contribution in [0.15, 0.2) is 0 Å². The highest BCUT2D eigenvalue weighted by Crippen LogP contribution is 2.38. The molecule has 1 aliphatic carbocycles. The van der Waals surface area contributed by atoms with E-state index in [1.807, 2.05) is 0 Å². The summed E-state index contributed by atoms with van der Waals surface area (Å²) in [6, 6.07) is 2.06. The molecule has 3 nitrogen and oxygen atoms in total. The molecule has 0 atom stereocenters. The van der Waals surface area contributed by atoms with Crippen LogP contribution in [0.3, 0.4) is 0 Å². The molecule has 66 valence electrons. The third-order valence-corrected chi connectivity index (χ3v) is 2.75. The summed E-state index contributed by atoms with van der Waals surface area (Å²) in [5.74, 6) is -0.288. The van der Waals surface area contributed by atoms with Gasteiger partial charge in [-0.25, -0.2) is 0 Å². The molecule has 0 heterocycles. The van der Waals surface area contributed by atoms with E-state index in [2.05, 4.69) is 6.07 Å². The van der Waals surface area contributed by atoms with Crippen LogP contribution >= 0.6 is 0 Å². The molecule has 0 aliphatic heterocycles. The maximum absolute atomic E-state index is 11.1. The summed E-state index contributed by atoms with van der Waals surface area (Å²) in [4.78, 5) is 11.1. The highest BCUT2D eigenvalue weighted by Gasteiger charge is 2.37. The van der Waals surface area contributed by atoms with E-state index in [-0.39, 0.29) is 5.91 Å².